The average molecular weight is 333 g/mol. The molecule has 1 aromatic carbocycles. The molecule has 0 saturated carbocycles. The van der Waals surface area contributed by atoms with Crippen molar-refractivity contribution in [3.05, 3.63) is 23.8 Å². The Bertz CT molecular complexity index is 568. The number of benzene rings is 1. The molecule has 1 aliphatic heterocycles. The van der Waals surface area contributed by atoms with Gasteiger partial charge in [-0.1, -0.05) is 0 Å². The van der Waals surface area contributed by atoms with Gasteiger partial charge >= 0.3 is 6.18 Å². The molecule has 0 aliphatic carbocycles. The Labute approximate surface area is 131 Å². The summed E-state index contributed by atoms with van der Waals surface area (Å²) in [6.45, 7) is -0.633. The first kappa shape index (κ1) is 17.4. The minimum Gasteiger partial charge on any atom is -0.497 e. The number of ether oxygens (including phenoxy) is 2. The Morgan fingerprint density at radius 1 is 1.22 bits per heavy atom. The number of methoxy groups -OCH3 is 2. The number of aliphatic hydroxyl groups is 1. The number of hydrogen-bond acceptors (Lipinski definition) is 4. The molecule has 1 amide bonds. The largest absolute Gasteiger partial charge is 0.497 e. The van der Waals surface area contributed by atoms with Crippen molar-refractivity contribution in [1.82, 2.24) is 4.90 Å². The summed E-state index contributed by atoms with van der Waals surface area (Å²) in [5, 5.41) is 9.81. The van der Waals surface area contributed by atoms with E-state index in [4.69, 9.17) is 9.47 Å². The minimum atomic E-state index is -4.78. The summed E-state index contributed by atoms with van der Waals surface area (Å²) in [7, 11) is 2.82. The molecule has 23 heavy (non-hydrogen) atoms. The fraction of sp³-hybridized carbons (Fsp3) is 0.533. The van der Waals surface area contributed by atoms with Crippen molar-refractivity contribution in [2.45, 2.75) is 24.6 Å². The summed E-state index contributed by atoms with van der Waals surface area (Å²) >= 11 is 0. The Morgan fingerprint density at radius 3 is 2.26 bits per heavy atom. The third-order valence-corrected chi connectivity index (χ3v) is 3.88. The van der Waals surface area contributed by atoms with Crippen molar-refractivity contribution in [3.63, 3.8) is 0 Å². The lowest BCUT2D eigenvalue weighted by Gasteiger charge is -2.40. The lowest BCUT2D eigenvalue weighted by atomic mass is 9.91. The van der Waals surface area contributed by atoms with E-state index in [-0.39, 0.29) is 18.5 Å². The summed E-state index contributed by atoms with van der Waals surface area (Å²) in [5.41, 5.74) is -2.73. The number of rotatable bonds is 3. The highest BCUT2D eigenvalue weighted by molar-refractivity contribution is 5.95. The fourth-order valence-corrected chi connectivity index (χ4v) is 2.55. The number of piperidine rings is 1. The molecular weight excluding hydrogens is 315 g/mol. The summed E-state index contributed by atoms with van der Waals surface area (Å²) in [6, 6.07) is 4.40. The molecule has 1 heterocycles. The standard InChI is InChI=1S/C15H18F3NO4/c1-22-11-6-10(7-12(8-11)23-2)13(20)19-5-3-4-14(21,9-19)15(16,17)18/h6-8,21H,3-5,9H2,1-2H3. The molecule has 8 heteroatoms. The van der Waals surface area contributed by atoms with Crippen LogP contribution in [-0.4, -0.2) is 55.0 Å². The number of nitrogens with zero attached hydrogens (tertiary/aromatic N) is 1. The number of likely N-dealkylation sites (tertiary alicyclic amines) is 1. The van der Waals surface area contributed by atoms with E-state index in [1.165, 1.54) is 26.4 Å². The third-order valence-electron chi connectivity index (χ3n) is 3.88. The highest BCUT2D eigenvalue weighted by atomic mass is 19.4. The van der Waals surface area contributed by atoms with Crippen LogP contribution in [-0.2, 0) is 0 Å². The monoisotopic (exact) mass is 333 g/mol. The Morgan fingerprint density at radius 2 is 1.78 bits per heavy atom. The van der Waals surface area contributed by atoms with Gasteiger partial charge in [-0.25, -0.2) is 0 Å². The van der Waals surface area contributed by atoms with E-state index in [0.29, 0.717) is 11.5 Å². The van der Waals surface area contributed by atoms with Crippen molar-refractivity contribution in [1.29, 1.82) is 0 Å². The van der Waals surface area contributed by atoms with Crippen molar-refractivity contribution in [2.24, 2.45) is 0 Å². The average Bonchev–Trinajstić information content (AvgIpc) is 2.52. The van der Waals surface area contributed by atoms with Crippen LogP contribution in [0.2, 0.25) is 0 Å². The van der Waals surface area contributed by atoms with Crippen molar-refractivity contribution >= 4 is 5.91 Å². The van der Waals surface area contributed by atoms with Gasteiger partial charge in [-0.3, -0.25) is 4.79 Å². The number of β-amino-alcohol motifs (C(OH)–C–C–N with tert-alkyl or cyclic N) is 1. The summed E-state index contributed by atoms with van der Waals surface area (Å²) in [5.74, 6) is 0.108. The fourth-order valence-electron chi connectivity index (χ4n) is 2.55. The summed E-state index contributed by atoms with van der Waals surface area (Å²) in [6.07, 6.45) is -5.12. The lowest BCUT2D eigenvalue weighted by molar-refractivity contribution is -0.271. The second-order valence-corrected chi connectivity index (χ2v) is 5.46. The van der Waals surface area contributed by atoms with Crippen LogP contribution in [0.5, 0.6) is 11.5 Å². The van der Waals surface area contributed by atoms with Gasteiger partial charge in [-0.15, -0.1) is 0 Å². The van der Waals surface area contributed by atoms with Crippen molar-refractivity contribution in [3.8, 4) is 11.5 Å². The zero-order valence-electron chi connectivity index (χ0n) is 12.8. The molecule has 0 radical (unpaired) electrons. The molecule has 1 saturated heterocycles. The molecule has 0 aromatic heterocycles. The van der Waals surface area contributed by atoms with Gasteiger partial charge in [-0.05, 0) is 25.0 Å². The van der Waals surface area contributed by atoms with E-state index >= 15 is 0 Å². The minimum absolute atomic E-state index is 0.0723. The van der Waals surface area contributed by atoms with Gasteiger partial charge in [0.15, 0.2) is 5.60 Å². The van der Waals surface area contributed by atoms with Gasteiger partial charge in [-0.2, -0.15) is 13.2 Å². The molecule has 1 atom stereocenters. The van der Waals surface area contributed by atoms with Crippen LogP contribution in [0.3, 0.4) is 0 Å². The van der Waals surface area contributed by atoms with E-state index in [2.05, 4.69) is 0 Å². The number of carbonyl (C=O) groups excluding carboxylic acids is 1. The highest BCUT2D eigenvalue weighted by Crippen LogP contribution is 2.37. The van der Waals surface area contributed by atoms with Crippen molar-refractivity contribution in [2.75, 3.05) is 27.3 Å². The lowest BCUT2D eigenvalue weighted by Crippen LogP contribution is -2.58. The van der Waals surface area contributed by atoms with Crippen LogP contribution in [0.1, 0.15) is 23.2 Å². The second-order valence-electron chi connectivity index (χ2n) is 5.46. The maximum absolute atomic E-state index is 13.0. The van der Waals surface area contributed by atoms with Gasteiger partial charge in [0.25, 0.3) is 5.91 Å². The highest BCUT2D eigenvalue weighted by Gasteiger charge is 2.55. The SMILES string of the molecule is COc1cc(OC)cc(C(=O)N2CCCC(O)(C(F)(F)F)C2)c1. The molecule has 2 rings (SSSR count). The maximum Gasteiger partial charge on any atom is 0.418 e. The molecule has 1 aromatic rings. The van der Waals surface area contributed by atoms with Crippen LogP contribution in [0.15, 0.2) is 18.2 Å². The number of halogens is 3. The van der Waals surface area contributed by atoms with E-state index in [1.54, 1.807) is 6.07 Å². The number of hydrogen-bond donors (Lipinski definition) is 1. The molecule has 1 aliphatic rings. The van der Waals surface area contributed by atoms with Crippen LogP contribution in [0.25, 0.3) is 0 Å². The normalized spacial score (nSPS) is 21.9. The smallest absolute Gasteiger partial charge is 0.418 e. The van der Waals surface area contributed by atoms with Gasteiger partial charge < -0.3 is 19.5 Å². The third kappa shape index (κ3) is 3.52. The number of carbonyl (C=O) groups is 1. The summed E-state index contributed by atoms with van der Waals surface area (Å²) < 4.78 is 49.0. The first-order valence-corrected chi connectivity index (χ1v) is 7.01. The van der Waals surface area contributed by atoms with E-state index < -0.39 is 30.7 Å². The quantitative estimate of drug-likeness (QED) is 0.922. The van der Waals surface area contributed by atoms with Gasteiger partial charge in [0.2, 0.25) is 0 Å². The molecule has 1 unspecified atom stereocenters. The van der Waals surface area contributed by atoms with Gasteiger partial charge in [0, 0.05) is 18.2 Å². The van der Waals surface area contributed by atoms with Gasteiger partial charge in [0.1, 0.15) is 11.5 Å². The van der Waals surface area contributed by atoms with E-state index in [9.17, 15) is 23.1 Å². The maximum atomic E-state index is 13.0. The molecule has 5 nitrogen and oxygen atoms in total. The number of alkyl halides is 3. The molecule has 0 bridgehead atoms. The number of amides is 1. The van der Waals surface area contributed by atoms with Gasteiger partial charge in [0.05, 0.1) is 20.8 Å². The van der Waals surface area contributed by atoms with Crippen LogP contribution in [0, 0.1) is 0 Å². The molecule has 0 spiro atoms. The van der Waals surface area contributed by atoms with Crippen LogP contribution < -0.4 is 9.47 Å². The van der Waals surface area contributed by atoms with E-state index in [1.807, 2.05) is 0 Å². The Balaban J connectivity index is 2.26. The molecular formula is C15H18F3NO4. The predicted octanol–water partition coefficient (Wildman–Crippen LogP) is 2.23. The molecule has 1 N–H and O–H groups in total. The first-order chi connectivity index (χ1) is 10.7. The predicted molar refractivity (Wildman–Crippen MR) is 75.7 cm³/mol. The van der Waals surface area contributed by atoms with Crippen molar-refractivity contribution < 1.29 is 32.5 Å². The molecule has 128 valence electrons. The Hall–Kier alpha value is -1.96. The topological polar surface area (TPSA) is 59.0 Å². The second kappa shape index (κ2) is 6.27. The molecule has 1 fully saturated rings. The van der Waals surface area contributed by atoms with Crippen LogP contribution >= 0.6 is 0 Å². The summed E-state index contributed by atoms with van der Waals surface area (Å²) in [4.78, 5) is 13.5. The zero-order valence-corrected chi connectivity index (χ0v) is 12.8. The zero-order chi connectivity index (χ0) is 17.3. The Kier molecular flexibility index (Phi) is 4.74. The van der Waals surface area contributed by atoms with Crippen LogP contribution in [0.4, 0.5) is 13.2 Å². The first-order valence-electron chi connectivity index (χ1n) is 7.01. The van der Waals surface area contributed by atoms with E-state index in [0.717, 1.165) is 4.90 Å².